The van der Waals surface area contributed by atoms with E-state index in [4.69, 9.17) is 18.9 Å². The molecule has 0 radical (unpaired) electrons. The number of quaternary nitrogens is 1. The van der Waals surface area contributed by atoms with E-state index in [9.17, 15) is 0 Å². The molecular formula is C22H28NO4+. The highest BCUT2D eigenvalue weighted by Gasteiger charge is 2.44. The van der Waals surface area contributed by atoms with Gasteiger partial charge in [0, 0.05) is 29.5 Å². The van der Waals surface area contributed by atoms with E-state index >= 15 is 0 Å². The topological polar surface area (TPSA) is 36.9 Å². The third kappa shape index (κ3) is 2.48. The molecule has 0 saturated carbocycles. The van der Waals surface area contributed by atoms with Gasteiger partial charge in [0.25, 0.3) is 0 Å². The number of fused-ring (bicyclic) bond motifs is 2. The van der Waals surface area contributed by atoms with Crippen LogP contribution in [0.1, 0.15) is 22.7 Å². The van der Waals surface area contributed by atoms with Crippen LogP contribution in [0.15, 0.2) is 18.2 Å². The maximum atomic E-state index is 5.88. The average Bonchev–Trinajstić information content (AvgIpc) is 2.68. The predicted molar refractivity (Wildman–Crippen MR) is 105 cm³/mol. The summed E-state index contributed by atoms with van der Waals surface area (Å²) in [6.07, 6.45) is 1.99. The molecule has 5 heteroatoms. The normalized spacial score (nSPS) is 19.0. The summed E-state index contributed by atoms with van der Waals surface area (Å²) in [5.41, 5.74) is 6.14. The third-order valence-corrected chi connectivity index (χ3v) is 6.23. The van der Waals surface area contributed by atoms with Crippen LogP contribution in [0.5, 0.6) is 23.0 Å². The molecule has 0 bridgehead atoms. The molecule has 0 amide bonds. The van der Waals surface area contributed by atoms with Gasteiger partial charge in [-0.2, -0.15) is 0 Å². The summed E-state index contributed by atoms with van der Waals surface area (Å²) >= 11 is 0. The maximum Gasteiger partial charge on any atom is 0.169 e. The summed E-state index contributed by atoms with van der Waals surface area (Å²) in [6.45, 7) is 1.11. The molecule has 5 nitrogen and oxygen atoms in total. The van der Waals surface area contributed by atoms with Crippen molar-refractivity contribution >= 4 is 0 Å². The minimum Gasteiger partial charge on any atom is -0.493 e. The minimum atomic E-state index is 0.383. The molecule has 4 rings (SSSR count). The number of methoxy groups -OCH3 is 4. The fourth-order valence-electron chi connectivity index (χ4n) is 4.78. The molecule has 0 spiro atoms. The first kappa shape index (κ1) is 18.0. The number of nitrogens with zero attached hydrogens (tertiary/aromatic N) is 1. The molecule has 27 heavy (non-hydrogen) atoms. The zero-order valence-electron chi connectivity index (χ0n) is 17.0. The number of rotatable bonds is 4. The first-order valence-electron chi connectivity index (χ1n) is 9.31. The Kier molecular flexibility index (Phi) is 4.22. The molecule has 0 saturated heterocycles. The van der Waals surface area contributed by atoms with E-state index < -0.39 is 0 Å². The molecule has 1 heterocycles. The van der Waals surface area contributed by atoms with Gasteiger partial charge in [0.2, 0.25) is 0 Å². The smallest absolute Gasteiger partial charge is 0.169 e. The summed E-state index contributed by atoms with van der Waals surface area (Å²) in [5, 5.41) is 0. The average molecular weight is 370 g/mol. The molecule has 0 aromatic heterocycles. The second kappa shape index (κ2) is 6.34. The Morgan fingerprint density at radius 2 is 1.48 bits per heavy atom. The first-order chi connectivity index (χ1) is 13.0. The second-order valence-electron chi connectivity index (χ2n) is 7.87. The highest BCUT2D eigenvalue weighted by atomic mass is 16.5. The van der Waals surface area contributed by atoms with Crippen molar-refractivity contribution in [1.82, 2.24) is 0 Å². The quantitative estimate of drug-likeness (QED) is 0.771. The first-order valence-corrected chi connectivity index (χ1v) is 9.31. The van der Waals surface area contributed by atoms with Gasteiger partial charge in [0.15, 0.2) is 23.0 Å². The highest BCUT2D eigenvalue weighted by Crippen LogP contribution is 2.57. The largest absolute Gasteiger partial charge is 0.493 e. The van der Waals surface area contributed by atoms with Crippen LogP contribution in [-0.2, 0) is 12.8 Å². The summed E-state index contributed by atoms with van der Waals surface area (Å²) in [4.78, 5) is 0. The van der Waals surface area contributed by atoms with Gasteiger partial charge in [-0.1, -0.05) is 6.07 Å². The van der Waals surface area contributed by atoms with Gasteiger partial charge in [0.1, 0.15) is 6.04 Å². The third-order valence-electron chi connectivity index (χ3n) is 6.23. The van der Waals surface area contributed by atoms with Gasteiger partial charge in [-0.05, 0) is 23.3 Å². The summed E-state index contributed by atoms with van der Waals surface area (Å²) in [7, 11) is 11.4. The van der Waals surface area contributed by atoms with E-state index in [0.29, 0.717) is 6.04 Å². The molecule has 1 aliphatic heterocycles. The van der Waals surface area contributed by atoms with Crippen molar-refractivity contribution in [1.29, 1.82) is 0 Å². The molecule has 2 aromatic carbocycles. The standard InChI is InChI=1S/C22H28NO4/c1-23(2)10-9-14-12-17(25-4)22(27-6)20-18(14)15(23)11-13-7-8-16(24-3)21(26-5)19(13)20/h7-8,12,15H,9-11H2,1-6H3/q+1/t15-/m1/s1. The van der Waals surface area contributed by atoms with Crippen molar-refractivity contribution in [2.45, 2.75) is 18.9 Å². The van der Waals surface area contributed by atoms with Crippen LogP contribution in [-0.4, -0.2) is 53.6 Å². The molecule has 2 aromatic rings. The van der Waals surface area contributed by atoms with E-state index in [-0.39, 0.29) is 0 Å². The Labute approximate surface area is 161 Å². The lowest BCUT2D eigenvalue weighted by atomic mass is 9.75. The lowest BCUT2D eigenvalue weighted by molar-refractivity contribution is -0.923. The number of likely N-dealkylation sites (N-methyl/N-ethyl adjacent to an activating group) is 1. The van der Waals surface area contributed by atoms with Gasteiger partial charge >= 0.3 is 0 Å². The highest BCUT2D eigenvalue weighted by molar-refractivity contribution is 5.88. The van der Waals surface area contributed by atoms with Gasteiger partial charge < -0.3 is 23.4 Å². The fraction of sp³-hybridized carbons (Fsp3) is 0.455. The lowest BCUT2D eigenvalue weighted by Gasteiger charge is -2.46. The Bertz CT molecular complexity index is 904. The van der Waals surface area contributed by atoms with E-state index in [1.54, 1.807) is 28.4 Å². The molecule has 0 N–H and O–H groups in total. The predicted octanol–water partition coefficient (Wildman–Crippen LogP) is 3.62. The van der Waals surface area contributed by atoms with Crippen molar-refractivity contribution in [3.8, 4) is 34.1 Å². The summed E-state index contributed by atoms with van der Waals surface area (Å²) in [5.74, 6) is 3.04. The van der Waals surface area contributed by atoms with Crippen LogP contribution in [0, 0.1) is 0 Å². The number of ether oxygens (including phenoxy) is 4. The van der Waals surface area contributed by atoms with Crippen molar-refractivity contribution in [2.24, 2.45) is 0 Å². The van der Waals surface area contributed by atoms with Crippen LogP contribution in [0.4, 0.5) is 0 Å². The zero-order valence-corrected chi connectivity index (χ0v) is 17.0. The number of hydrogen-bond acceptors (Lipinski definition) is 4. The molecule has 144 valence electrons. The monoisotopic (exact) mass is 370 g/mol. The summed E-state index contributed by atoms with van der Waals surface area (Å²) in [6, 6.07) is 6.70. The van der Waals surface area contributed by atoms with E-state index in [0.717, 1.165) is 58.0 Å². The van der Waals surface area contributed by atoms with Crippen LogP contribution >= 0.6 is 0 Å². The van der Waals surface area contributed by atoms with Crippen molar-refractivity contribution < 1.29 is 23.4 Å². The van der Waals surface area contributed by atoms with E-state index in [1.165, 1.54) is 16.7 Å². The minimum absolute atomic E-state index is 0.383. The van der Waals surface area contributed by atoms with Crippen molar-refractivity contribution in [3.63, 3.8) is 0 Å². The second-order valence-corrected chi connectivity index (χ2v) is 7.87. The molecule has 0 fully saturated rings. The maximum absolute atomic E-state index is 5.88. The van der Waals surface area contributed by atoms with Crippen LogP contribution < -0.4 is 18.9 Å². The van der Waals surface area contributed by atoms with Crippen LogP contribution in [0.25, 0.3) is 11.1 Å². The Morgan fingerprint density at radius 3 is 2.11 bits per heavy atom. The Morgan fingerprint density at radius 1 is 0.815 bits per heavy atom. The van der Waals surface area contributed by atoms with Gasteiger partial charge in [-0.25, -0.2) is 0 Å². The molecule has 0 unspecified atom stereocenters. The van der Waals surface area contributed by atoms with E-state index in [2.05, 4.69) is 26.2 Å². The van der Waals surface area contributed by atoms with Crippen LogP contribution in [0.3, 0.4) is 0 Å². The molecule has 2 aliphatic rings. The molecular weight excluding hydrogens is 342 g/mol. The van der Waals surface area contributed by atoms with Crippen molar-refractivity contribution in [2.75, 3.05) is 49.1 Å². The number of hydrogen-bond donors (Lipinski definition) is 0. The summed E-state index contributed by atoms with van der Waals surface area (Å²) < 4.78 is 23.9. The fourth-order valence-corrected chi connectivity index (χ4v) is 4.78. The van der Waals surface area contributed by atoms with Gasteiger partial charge in [0.05, 0.1) is 49.1 Å². The Balaban J connectivity index is 2.14. The van der Waals surface area contributed by atoms with Gasteiger partial charge in [-0.15, -0.1) is 0 Å². The zero-order chi connectivity index (χ0) is 19.3. The lowest BCUT2D eigenvalue weighted by Crippen LogP contribution is -2.49. The van der Waals surface area contributed by atoms with Crippen molar-refractivity contribution in [3.05, 3.63) is 34.9 Å². The van der Waals surface area contributed by atoms with Gasteiger partial charge in [-0.3, -0.25) is 0 Å². The molecule has 1 aliphatic carbocycles. The number of benzene rings is 2. The Hall–Kier alpha value is -2.40. The van der Waals surface area contributed by atoms with E-state index in [1.807, 2.05) is 6.07 Å². The molecule has 1 atom stereocenters. The SMILES string of the molecule is COc1ccc2c(c1OC)-c1c(OC)c(OC)cc3c1[C@@H](C2)[N+](C)(C)CC3. The van der Waals surface area contributed by atoms with Crippen LogP contribution in [0.2, 0.25) is 0 Å².